The van der Waals surface area contributed by atoms with Crippen molar-refractivity contribution in [3.8, 4) is 0 Å². The van der Waals surface area contributed by atoms with Crippen molar-refractivity contribution < 1.29 is 4.74 Å². The van der Waals surface area contributed by atoms with Crippen molar-refractivity contribution in [3.05, 3.63) is 35.9 Å². The van der Waals surface area contributed by atoms with E-state index in [2.05, 4.69) is 31.2 Å². The Bertz CT molecular complexity index is 242. The second kappa shape index (κ2) is 3.28. The molecule has 1 aromatic carbocycles. The number of hydrogen-bond donors (Lipinski definition) is 0. The molecule has 1 saturated heterocycles. The number of rotatable bonds is 1. The fraction of sp³-hybridized carbons (Fsp3) is 0.455. The van der Waals surface area contributed by atoms with Crippen LogP contribution in [-0.2, 0) is 4.74 Å². The molecule has 0 amide bonds. The van der Waals surface area contributed by atoms with Crippen molar-refractivity contribution in [3.63, 3.8) is 0 Å². The van der Waals surface area contributed by atoms with Crippen molar-refractivity contribution in [2.24, 2.45) is 5.92 Å². The molecule has 0 N–H and O–H groups in total. The maximum absolute atomic E-state index is 5.65. The normalized spacial score (nSPS) is 29.1. The second-order valence-electron chi connectivity index (χ2n) is 3.47. The number of hydrogen-bond acceptors (Lipinski definition) is 1. The first-order valence-electron chi connectivity index (χ1n) is 4.54. The summed E-state index contributed by atoms with van der Waals surface area (Å²) in [4.78, 5) is 0. The third-order valence-corrected chi connectivity index (χ3v) is 2.52. The molecule has 2 atom stereocenters. The van der Waals surface area contributed by atoms with Gasteiger partial charge in [-0.3, -0.25) is 0 Å². The largest absolute Gasteiger partial charge is 0.373 e. The van der Waals surface area contributed by atoms with E-state index in [4.69, 9.17) is 4.74 Å². The van der Waals surface area contributed by atoms with Gasteiger partial charge in [-0.2, -0.15) is 0 Å². The molecule has 0 radical (unpaired) electrons. The highest BCUT2D eigenvalue weighted by atomic mass is 16.5. The molecule has 0 spiro atoms. The molecular weight excluding hydrogens is 148 g/mol. The lowest BCUT2D eigenvalue weighted by Gasteiger charge is -2.14. The quantitative estimate of drug-likeness (QED) is 0.617. The van der Waals surface area contributed by atoms with E-state index >= 15 is 0 Å². The Balaban J connectivity index is 2.19. The van der Waals surface area contributed by atoms with Gasteiger partial charge in [-0.05, 0) is 17.9 Å². The molecule has 1 aliphatic rings. The second-order valence-corrected chi connectivity index (χ2v) is 3.47. The van der Waals surface area contributed by atoms with Crippen LogP contribution in [0.25, 0.3) is 0 Å². The minimum atomic E-state index is 0.339. The summed E-state index contributed by atoms with van der Waals surface area (Å²) in [6, 6.07) is 10.5. The molecule has 0 aliphatic carbocycles. The summed E-state index contributed by atoms with van der Waals surface area (Å²) < 4.78 is 5.65. The van der Waals surface area contributed by atoms with Crippen LogP contribution in [0.4, 0.5) is 0 Å². The first-order valence-corrected chi connectivity index (χ1v) is 4.54. The van der Waals surface area contributed by atoms with E-state index < -0.39 is 0 Å². The predicted molar refractivity (Wildman–Crippen MR) is 48.9 cm³/mol. The van der Waals surface area contributed by atoms with Crippen molar-refractivity contribution in [1.82, 2.24) is 0 Å². The summed E-state index contributed by atoms with van der Waals surface area (Å²) >= 11 is 0. The van der Waals surface area contributed by atoms with Gasteiger partial charge in [0.2, 0.25) is 0 Å². The van der Waals surface area contributed by atoms with Crippen LogP contribution in [0.1, 0.15) is 25.0 Å². The number of benzene rings is 1. The SMILES string of the molecule is CC1CCOC1c1ccccc1. The summed E-state index contributed by atoms with van der Waals surface area (Å²) in [5.74, 6) is 0.674. The van der Waals surface area contributed by atoms with Gasteiger partial charge in [0.25, 0.3) is 0 Å². The summed E-state index contributed by atoms with van der Waals surface area (Å²) in [6.45, 7) is 3.17. The smallest absolute Gasteiger partial charge is 0.0851 e. The van der Waals surface area contributed by atoms with Crippen LogP contribution in [0, 0.1) is 5.92 Å². The zero-order chi connectivity index (χ0) is 8.39. The zero-order valence-electron chi connectivity index (χ0n) is 7.36. The Kier molecular flexibility index (Phi) is 2.13. The fourth-order valence-corrected chi connectivity index (χ4v) is 1.76. The van der Waals surface area contributed by atoms with Crippen molar-refractivity contribution in [2.75, 3.05) is 6.61 Å². The summed E-state index contributed by atoms with van der Waals surface area (Å²) in [5, 5.41) is 0. The number of ether oxygens (including phenoxy) is 1. The van der Waals surface area contributed by atoms with Gasteiger partial charge in [0, 0.05) is 6.61 Å². The van der Waals surface area contributed by atoms with Gasteiger partial charge in [0.05, 0.1) is 6.10 Å². The molecule has 0 aromatic heterocycles. The van der Waals surface area contributed by atoms with Crippen LogP contribution < -0.4 is 0 Å². The van der Waals surface area contributed by atoms with Gasteiger partial charge in [0.15, 0.2) is 0 Å². The molecule has 1 heteroatoms. The predicted octanol–water partition coefficient (Wildman–Crippen LogP) is 2.78. The Morgan fingerprint density at radius 1 is 1.25 bits per heavy atom. The Labute approximate surface area is 73.4 Å². The summed E-state index contributed by atoms with van der Waals surface area (Å²) in [5.41, 5.74) is 1.32. The summed E-state index contributed by atoms with van der Waals surface area (Å²) in [7, 11) is 0. The molecule has 12 heavy (non-hydrogen) atoms. The van der Waals surface area contributed by atoms with Gasteiger partial charge in [-0.25, -0.2) is 0 Å². The van der Waals surface area contributed by atoms with Gasteiger partial charge in [-0.15, -0.1) is 0 Å². The van der Waals surface area contributed by atoms with E-state index in [1.807, 2.05) is 6.07 Å². The molecule has 64 valence electrons. The third kappa shape index (κ3) is 1.37. The lowest BCUT2D eigenvalue weighted by atomic mass is 9.97. The van der Waals surface area contributed by atoms with Crippen molar-refractivity contribution in [1.29, 1.82) is 0 Å². The monoisotopic (exact) mass is 162 g/mol. The van der Waals surface area contributed by atoms with Crippen LogP contribution in [0.2, 0.25) is 0 Å². The van der Waals surface area contributed by atoms with Crippen LogP contribution in [0.3, 0.4) is 0 Å². The molecule has 0 saturated carbocycles. The summed E-state index contributed by atoms with van der Waals surface area (Å²) in [6.07, 6.45) is 1.53. The first kappa shape index (κ1) is 7.81. The molecular formula is C11H14O. The first-order chi connectivity index (χ1) is 5.88. The highest BCUT2D eigenvalue weighted by molar-refractivity contribution is 5.18. The van der Waals surface area contributed by atoms with Crippen LogP contribution in [0.5, 0.6) is 0 Å². The van der Waals surface area contributed by atoms with Gasteiger partial charge in [0.1, 0.15) is 0 Å². The van der Waals surface area contributed by atoms with Crippen LogP contribution in [0.15, 0.2) is 30.3 Å². The highest BCUT2D eigenvalue weighted by Gasteiger charge is 2.25. The molecule has 1 aliphatic heterocycles. The van der Waals surface area contributed by atoms with E-state index in [1.54, 1.807) is 0 Å². The standard InChI is InChI=1S/C11H14O/c1-9-7-8-12-11(9)10-5-3-2-4-6-10/h2-6,9,11H,7-8H2,1H3. The fourth-order valence-electron chi connectivity index (χ4n) is 1.76. The average molecular weight is 162 g/mol. The minimum absolute atomic E-state index is 0.339. The Morgan fingerprint density at radius 3 is 2.58 bits per heavy atom. The topological polar surface area (TPSA) is 9.23 Å². The van der Waals surface area contributed by atoms with E-state index in [-0.39, 0.29) is 0 Å². The van der Waals surface area contributed by atoms with Crippen LogP contribution in [-0.4, -0.2) is 6.61 Å². The van der Waals surface area contributed by atoms with Crippen molar-refractivity contribution >= 4 is 0 Å². The minimum Gasteiger partial charge on any atom is -0.373 e. The average Bonchev–Trinajstić information content (AvgIpc) is 2.53. The van der Waals surface area contributed by atoms with Gasteiger partial charge < -0.3 is 4.74 Å². The molecule has 1 aromatic rings. The lowest BCUT2D eigenvalue weighted by Crippen LogP contribution is -2.02. The van der Waals surface area contributed by atoms with Gasteiger partial charge >= 0.3 is 0 Å². The molecule has 2 rings (SSSR count). The molecule has 1 nitrogen and oxygen atoms in total. The highest BCUT2D eigenvalue weighted by Crippen LogP contribution is 2.33. The van der Waals surface area contributed by atoms with E-state index in [0.717, 1.165) is 6.61 Å². The Morgan fingerprint density at radius 2 is 2.00 bits per heavy atom. The maximum Gasteiger partial charge on any atom is 0.0851 e. The molecule has 1 fully saturated rings. The zero-order valence-corrected chi connectivity index (χ0v) is 7.36. The third-order valence-electron chi connectivity index (χ3n) is 2.52. The molecule has 1 heterocycles. The van der Waals surface area contributed by atoms with Crippen molar-refractivity contribution in [2.45, 2.75) is 19.4 Å². The maximum atomic E-state index is 5.65. The lowest BCUT2D eigenvalue weighted by molar-refractivity contribution is 0.0945. The van der Waals surface area contributed by atoms with E-state index in [0.29, 0.717) is 12.0 Å². The van der Waals surface area contributed by atoms with E-state index in [1.165, 1.54) is 12.0 Å². The molecule has 0 bridgehead atoms. The van der Waals surface area contributed by atoms with E-state index in [9.17, 15) is 0 Å². The molecule has 2 unspecified atom stereocenters. The Hall–Kier alpha value is -0.820. The van der Waals surface area contributed by atoms with Crippen LogP contribution >= 0.6 is 0 Å². The van der Waals surface area contributed by atoms with Gasteiger partial charge in [-0.1, -0.05) is 37.3 Å².